The minimum atomic E-state index is -0.510. The monoisotopic (exact) mass is 457 g/mol. The molecule has 0 aliphatic rings. The van der Waals surface area contributed by atoms with Gasteiger partial charge in [0.25, 0.3) is 5.91 Å². The highest BCUT2D eigenvalue weighted by molar-refractivity contribution is 6.31. The zero-order valence-electron chi connectivity index (χ0n) is 17.1. The summed E-state index contributed by atoms with van der Waals surface area (Å²) in [7, 11) is 0. The zero-order chi connectivity index (χ0) is 22.8. The average Bonchev–Trinajstić information content (AvgIpc) is 3.38. The number of nitrogen functional groups attached to an aromatic ring is 1. The number of carbonyl (C=O) groups is 1. The van der Waals surface area contributed by atoms with Crippen molar-refractivity contribution in [2.24, 2.45) is 0 Å². The third kappa shape index (κ3) is 4.09. The first-order chi connectivity index (χ1) is 16.1. The molecule has 5 rings (SSSR count). The van der Waals surface area contributed by atoms with E-state index in [1.54, 1.807) is 24.5 Å². The molecular formula is C23H16ClN7O2. The van der Waals surface area contributed by atoms with Crippen molar-refractivity contribution in [1.82, 2.24) is 30.2 Å². The number of fused-ring (bicyclic) bond motifs is 1. The molecule has 0 fully saturated rings. The molecule has 0 radical (unpaired) electrons. The third-order valence-electron chi connectivity index (χ3n) is 4.90. The summed E-state index contributed by atoms with van der Waals surface area (Å²) in [5.41, 5.74) is 8.86. The van der Waals surface area contributed by atoms with Gasteiger partial charge in [0.1, 0.15) is 12.0 Å². The van der Waals surface area contributed by atoms with Crippen LogP contribution in [0.1, 0.15) is 16.2 Å². The number of rotatable bonds is 5. The predicted molar refractivity (Wildman–Crippen MR) is 123 cm³/mol. The minimum absolute atomic E-state index is 0.0290. The number of oxazole rings is 1. The van der Waals surface area contributed by atoms with Gasteiger partial charge in [-0.25, -0.2) is 15.0 Å². The quantitative estimate of drug-likeness (QED) is 0.406. The fraction of sp³-hybridized carbons (Fsp3) is 0.0435. The standard InChI is InChI=1S/C23H16ClN7O2/c24-15-4-2-8-27-17(15)12-29-22(32)20-21(25)31-19(23-28-9-10-33-23)18(30-20)14-5-6-16-13(11-14)3-1-7-26-16/h1-11H,12H2,(H2,25,31)(H,29,32). The van der Waals surface area contributed by atoms with Crippen molar-refractivity contribution in [1.29, 1.82) is 0 Å². The number of nitrogens with two attached hydrogens (primary N) is 1. The van der Waals surface area contributed by atoms with Gasteiger partial charge in [0.15, 0.2) is 17.2 Å². The average molecular weight is 458 g/mol. The number of hydrogen-bond donors (Lipinski definition) is 2. The summed E-state index contributed by atoms with van der Waals surface area (Å²) in [5.74, 6) is -0.328. The summed E-state index contributed by atoms with van der Waals surface area (Å²) < 4.78 is 5.44. The van der Waals surface area contributed by atoms with Crippen LogP contribution in [0.4, 0.5) is 5.82 Å². The summed E-state index contributed by atoms with van der Waals surface area (Å²) in [6.45, 7) is 0.109. The highest BCUT2D eigenvalue weighted by Gasteiger charge is 2.22. The summed E-state index contributed by atoms with van der Waals surface area (Å²) in [6, 6.07) is 12.8. The Hall–Kier alpha value is -4.37. The van der Waals surface area contributed by atoms with Gasteiger partial charge in [-0.1, -0.05) is 23.7 Å². The Morgan fingerprint density at radius 1 is 1.00 bits per heavy atom. The molecule has 0 atom stereocenters. The van der Waals surface area contributed by atoms with Gasteiger partial charge in [-0.2, -0.15) is 0 Å². The van der Waals surface area contributed by atoms with E-state index in [2.05, 4.69) is 30.2 Å². The Bertz CT molecular complexity index is 1470. The van der Waals surface area contributed by atoms with E-state index >= 15 is 0 Å². The van der Waals surface area contributed by atoms with Gasteiger partial charge in [0.2, 0.25) is 5.89 Å². The molecule has 0 saturated carbocycles. The Kier molecular flexibility index (Phi) is 5.37. The van der Waals surface area contributed by atoms with E-state index in [1.165, 1.54) is 12.5 Å². The van der Waals surface area contributed by atoms with Crippen LogP contribution < -0.4 is 11.1 Å². The smallest absolute Gasteiger partial charge is 0.274 e. The van der Waals surface area contributed by atoms with Crippen molar-refractivity contribution in [2.45, 2.75) is 6.54 Å². The highest BCUT2D eigenvalue weighted by Crippen LogP contribution is 2.31. The number of anilines is 1. The summed E-state index contributed by atoms with van der Waals surface area (Å²) in [5, 5.41) is 4.09. The Morgan fingerprint density at radius 2 is 1.85 bits per heavy atom. The first kappa shape index (κ1) is 20.5. The molecule has 4 aromatic heterocycles. The van der Waals surface area contributed by atoms with Crippen LogP contribution in [0, 0.1) is 0 Å². The number of carbonyl (C=O) groups excluding carboxylic acids is 1. The molecule has 0 spiro atoms. The second kappa shape index (κ2) is 8.64. The molecule has 0 unspecified atom stereocenters. The fourth-order valence-corrected chi connectivity index (χ4v) is 3.51. The Labute approximate surface area is 192 Å². The maximum atomic E-state index is 12.9. The number of nitrogens with zero attached hydrogens (tertiary/aromatic N) is 5. The molecule has 9 nitrogen and oxygen atoms in total. The van der Waals surface area contributed by atoms with E-state index in [0.29, 0.717) is 27.7 Å². The van der Waals surface area contributed by atoms with Crippen LogP contribution in [0.15, 0.2) is 71.7 Å². The molecule has 0 aliphatic carbocycles. The highest BCUT2D eigenvalue weighted by atomic mass is 35.5. The molecule has 5 aromatic rings. The molecule has 4 heterocycles. The van der Waals surface area contributed by atoms with Crippen LogP contribution >= 0.6 is 11.6 Å². The van der Waals surface area contributed by atoms with E-state index in [1.807, 2.05) is 30.3 Å². The number of nitrogens with one attached hydrogen (secondary N) is 1. The topological polar surface area (TPSA) is 133 Å². The molecule has 0 aliphatic heterocycles. The number of aromatic nitrogens is 5. The maximum Gasteiger partial charge on any atom is 0.274 e. The summed E-state index contributed by atoms with van der Waals surface area (Å²) in [4.78, 5) is 34.6. The van der Waals surface area contributed by atoms with Crippen LogP contribution in [-0.4, -0.2) is 30.8 Å². The van der Waals surface area contributed by atoms with E-state index in [9.17, 15) is 4.79 Å². The molecule has 10 heteroatoms. The van der Waals surface area contributed by atoms with Crippen molar-refractivity contribution in [3.63, 3.8) is 0 Å². The number of hydrogen-bond acceptors (Lipinski definition) is 8. The minimum Gasteiger partial charge on any atom is -0.443 e. The van der Waals surface area contributed by atoms with Crippen LogP contribution in [0.5, 0.6) is 0 Å². The van der Waals surface area contributed by atoms with Gasteiger partial charge in [-0.15, -0.1) is 0 Å². The maximum absolute atomic E-state index is 12.9. The predicted octanol–water partition coefficient (Wildman–Crippen LogP) is 3.91. The lowest BCUT2D eigenvalue weighted by Gasteiger charge is -2.12. The van der Waals surface area contributed by atoms with E-state index in [4.69, 9.17) is 21.8 Å². The second-order valence-electron chi connectivity index (χ2n) is 7.02. The van der Waals surface area contributed by atoms with Gasteiger partial charge in [-0.05, 0) is 30.3 Å². The molecular weight excluding hydrogens is 442 g/mol. The summed E-state index contributed by atoms with van der Waals surface area (Å²) in [6.07, 6.45) is 6.25. The third-order valence-corrected chi connectivity index (χ3v) is 5.24. The number of halogens is 1. The lowest BCUT2D eigenvalue weighted by atomic mass is 10.1. The number of amides is 1. The van der Waals surface area contributed by atoms with E-state index in [-0.39, 0.29) is 23.9 Å². The normalized spacial score (nSPS) is 10.9. The summed E-state index contributed by atoms with van der Waals surface area (Å²) >= 11 is 6.13. The van der Waals surface area contributed by atoms with Crippen LogP contribution in [0.3, 0.4) is 0 Å². The molecule has 0 saturated heterocycles. The first-order valence-electron chi connectivity index (χ1n) is 9.90. The van der Waals surface area contributed by atoms with Crippen LogP contribution in [0.2, 0.25) is 5.02 Å². The lowest BCUT2D eigenvalue weighted by molar-refractivity contribution is 0.0946. The molecule has 3 N–H and O–H groups in total. The van der Waals surface area contributed by atoms with Gasteiger partial charge >= 0.3 is 0 Å². The van der Waals surface area contributed by atoms with Gasteiger partial charge < -0.3 is 15.5 Å². The molecule has 33 heavy (non-hydrogen) atoms. The Balaban J connectivity index is 1.57. The largest absolute Gasteiger partial charge is 0.443 e. The van der Waals surface area contributed by atoms with Gasteiger partial charge in [0, 0.05) is 23.3 Å². The van der Waals surface area contributed by atoms with E-state index < -0.39 is 5.91 Å². The number of pyridine rings is 2. The van der Waals surface area contributed by atoms with Crippen LogP contribution in [0.25, 0.3) is 33.7 Å². The lowest BCUT2D eigenvalue weighted by Crippen LogP contribution is -2.26. The fourth-order valence-electron chi connectivity index (χ4n) is 3.33. The molecule has 162 valence electrons. The van der Waals surface area contributed by atoms with Crippen LogP contribution in [-0.2, 0) is 6.54 Å². The van der Waals surface area contributed by atoms with Crippen molar-refractivity contribution in [2.75, 3.05) is 5.73 Å². The number of benzene rings is 1. The molecule has 1 aromatic carbocycles. The SMILES string of the molecule is Nc1nc(-c2ncco2)c(-c2ccc3ncccc3c2)nc1C(=O)NCc1ncccc1Cl. The van der Waals surface area contributed by atoms with Gasteiger partial charge in [-0.3, -0.25) is 14.8 Å². The molecule has 0 bridgehead atoms. The Morgan fingerprint density at radius 3 is 2.67 bits per heavy atom. The van der Waals surface area contributed by atoms with Crippen molar-refractivity contribution in [3.05, 3.63) is 83.7 Å². The van der Waals surface area contributed by atoms with Gasteiger partial charge in [0.05, 0.1) is 29.0 Å². The zero-order valence-corrected chi connectivity index (χ0v) is 17.8. The molecule has 1 amide bonds. The van der Waals surface area contributed by atoms with E-state index in [0.717, 1.165) is 10.9 Å². The van der Waals surface area contributed by atoms with Crippen molar-refractivity contribution in [3.8, 4) is 22.8 Å². The van der Waals surface area contributed by atoms with Crippen molar-refractivity contribution < 1.29 is 9.21 Å². The van der Waals surface area contributed by atoms with Crippen molar-refractivity contribution >= 4 is 34.2 Å². The first-order valence-corrected chi connectivity index (χ1v) is 10.3. The second-order valence-corrected chi connectivity index (χ2v) is 7.42.